The molecule has 0 saturated heterocycles. The van der Waals surface area contributed by atoms with Gasteiger partial charge in [0.2, 0.25) is 5.91 Å². The number of nitrogens with one attached hydrogen (secondary N) is 1. The summed E-state index contributed by atoms with van der Waals surface area (Å²) >= 11 is 0. The van der Waals surface area contributed by atoms with Gasteiger partial charge in [0, 0.05) is 6.54 Å². The van der Waals surface area contributed by atoms with Gasteiger partial charge in [0.15, 0.2) is 0 Å². The van der Waals surface area contributed by atoms with E-state index in [1.165, 1.54) is 19.9 Å². The fourth-order valence-electron chi connectivity index (χ4n) is 0.946. The van der Waals surface area contributed by atoms with E-state index in [1.54, 1.807) is 0 Å². The first kappa shape index (κ1) is 14.9. The molecule has 0 aliphatic heterocycles. The van der Waals surface area contributed by atoms with E-state index in [-0.39, 0.29) is 6.54 Å². The fraction of sp³-hybridized carbons (Fsp3) is 0.500. The maximum Gasteiger partial charge on any atom is 0.323 e. The van der Waals surface area contributed by atoms with E-state index in [1.807, 2.05) is 0 Å². The average molecular weight is 243 g/mol. The van der Waals surface area contributed by atoms with Crippen LogP contribution in [-0.4, -0.2) is 46.5 Å². The summed E-state index contributed by atoms with van der Waals surface area (Å²) in [6.07, 6.45) is 1.39. The molecule has 4 N–H and O–H groups in total. The highest BCUT2D eigenvalue weighted by Crippen LogP contribution is 2.02. The Hall–Kier alpha value is -2.05. The summed E-state index contributed by atoms with van der Waals surface area (Å²) in [5.41, 5.74) is 3.84. The van der Waals surface area contributed by atoms with Crippen LogP contribution in [0.25, 0.3) is 0 Å². The SMILES string of the molecule is C=CCN(CC(=O)O)C(=O)NC(C)(C)C(N)=O. The Bertz CT molecular complexity index is 338. The van der Waals surface area contributed by atoms with Crippen LogP contribution in [0.3, 0.4) is 0 Å². The number of hydrogen-bond donors (Lipinski definition) is 3. The highest BCUT2D eigenvalue weighted by atomic mass is 16.4. The third-order valence-electron chi connectivity index (χ3n) is 2.00. The molecule has 0 aromatic rings. The van der Waals surface area contributed by atoms with Crippen molar-refractivity contribution in [2.75, 3.05) is 13.1 Å². The summed E-state index contributed by atoms with van der Waals surface area (Å²) in [5.74, 6) is -1.86. The summed E-state index contributed by atoms with van der Waals surface area (Å²) < 4.78 is 0. The molecule has 0 bridgehead atoms. The average Bonchev–Trinajstić information content (AvgIpc) is 2.15. The number of carbonyl (C=O) groups is 3. The molecule has 3 amide bonds. The number of rotatable bonds is 6. The van der Waals surface area contributed by atoms with Crippen molar-refractivity contribution in [3.63, 3.8) is 0 Å². The highest BCUT2D eigenvalue weighted by molar-refractivity contribution is 5.90. The minimum absolute atomic E-state index is 0.0625. The van der Waals surface area contributed by atoms with Crippen LogP contribution in [0.4, 0.5) is 4.79 Å². The summed E-state index contributed by atoms with van der Waals surface area (Å²) in [6.45, 7) is 5.86. The minimum Gasteiger partial charge on any atom is -0.480 e. The Morgan fingerprint density at radius 2 is 2.00 bits per heavy atom. The van der Waals surface area contributed by atoms with Crippen molar-refractivity contribution >= 4 is 17.9 Å². The molecule has 0 fully saturated rings. The molecule has 0 radical (unpaired) electrons. The molecular formula is C10H17N3O4. The van der Waals surface area contributed by atoms with Gasteiger partial charge in [0.1, 0.15) is 12.1 Å². The number of nitrogens with zero attached hydrogens (tertiary/aromatic N) is 1. The highest BCUT2D eigenvalue weighted by Gasteiger charge is 2.29. The standard InChI is InChI=1S/C10H17N3O4/c1-4-5-13(6-7(14)15)9(17)12-10(2,3)8(11)16/h4H,1,5-6H2,2-3H3,(H2,11,16)(H,12,17)(H,14,15). The van der Waals surface area contributed by atoms with Gasteiger partial charge in [-0.1, -0.05) is 6.08 Å². The molecule has 0 aromatic carbocycles. The quantitative estimate of drug-likeness (QED) is 0.547. The van der Waals surface area contributed by atoms with Gasteiger partial charge in [0.25, 0.3) is 0 Å². The van der Waals surface area contributed by atoms with Crippen molar-refractivity contribution in [3.8, 4) is 0 Å². The van der Waals surface area contributed by atoms with Crippen LogP contribution >= 0.6 is 0 Å². The fourth-order valence-corrected chi connectivity index (χ4v) is 0.946. The number of carbonyl (C=O) groups excluding carboxylic acids is 2. The van der Waals surface area contributed by atoms with Gasteiger partial charge in [-0.3, -0.25) is 9.59 Å². The van der Waals surface area contributed by atoms with E-state index in [0.717, 1.165) is 4.90 Å². The molecule has 7 heteroatoms. The Kier molecular flexibility index (Phi) is 5.17. The van der Waals surface area contributed by atoms with E-state index in [0.29, 0.717) is 0 Å². The van der Waals surface area contributed by atoms with Crippen LogP contribution in [0.5, 0.6) is 0 Å². The zero-order valence-electron chi connectivity index (χ0n) is 9.90. The summed E-state index contributed by atoms with van der Waals surface area (Å²) in [5, 5.41) is 11.0. The monoisotopic (exact) mass is 243 g/mol. The maximum atomic E-state index is 11.7. The van der Waals surface area contributed by atoms with E-state index < -0.39 is 30.0 Å². The van der Waals surface area contributed by atoms with Crippen LogP contribution in [0, 0.1) is 0 Å². The van der Waals surface area contributed by atoms with Crippen molar-refractivity contribution in [1.29, 1.82) is 0 Å². The van der Waals surface area contributed by atoms with Gasteiger partial charge in [-0.25, -0.2) is 4.79 Å². The first-order valence-corrected chi connectivity index (χ1v) is 4.90. The van der Waals surface area contributed by atoms with E-state index in [2.05, 4.69) is 11.9 Å². The van der Waals surface area contributed by atoms with Crippen LogP contribution < -0.4 is 11.1 Å². The number of amides is 3. The van der Waals surface area contributed by atoms with Crippen LogP contribution in [0.2, 0.25) is 0 Å². The van der Waals surface area contributed by atoms with Gasteiger partial charge >= 0.3 is 12.0 Å². The molecule has 0 atom stereocenters. The van der Waals surface area contributed by atoms with Gasteiger partial charge in [0.05, 0.1) is 0 Å². The summed E-state index contributed by atoms with van der Waals surface area (Å²) in [4.78, 5) is 34.2. The van der Waals surface area contributed by atoms with Crippen molar-refractivity contribution in [2.24, 2.45) is 5.73 Å². The lowest BCUT2D eigenvalue weighted by molar-refractivity contribution is -0.137. The smallest absolute Gasteiger partial charge is 0.323 e. The molecule has 0 aliphatic carbocycles. The topological polar surface area (TPSA) is 113 Å². The Morgan fingerprint density at radius 3 is 2.35 bits per heavy atom. The molecule has 7 nitrogen and oxygen atoms in total. The predicted octanol–water partition coefficient (Wildman–Crippen LogP) is -0.467. The number of nitrogens with two attached hydrogens (primary N) is 1. The molecule has 0 rings (SSSR count). The van der Waals surface area contributed by atoms with Gasteiger partial charge in [-0.05, 0) is 13.8 Å². The lowest BCUT2D eigenvalue weighted by Gasteiger charge is -2.27. The van der Waals surface area contributed by atoms with Crippen molar-refractivity contribution in [3.05, 3.63) is 12.7 Å². The second kappa shape index (κ2) is 5.88. The van der Waals surface area contributed by atoms with Crippen molar-refractivity contribution in [2.45, 2.75) is 19.4 Å². The predicted molar refractivity (Wildman–Crippen MR) is 61.2 cm³/mol. The lowest BCUT2D eigenvalue weighted by atomic mass is 10.1. The zero-order valence-corrected chi connectivity index (χ0v) is 9.90. The molecule has 0 aromatic heterocycles. The third kappa shape index (κ3) is 5.01. The van der Waals surface area contributed by atoms with Crippen molar-refractivity contribution < 1.29 is 19.5 Å². The molecule has 0 unspecified atom stereocenters. The number of aliphatic carboxylic acids is 1. The van der Waals surface area contributed by atoms with Gasteiger partial charge < -0.3 is 21.1 Å². The first-order valence-electron chi connectivity index (χ1n) is 4.90. The summed E-state index contributed by atoms with van der Waals surface area (Å²) in [6, 6.07) is -0.684. The third-order valence-corrected chi connectivity index (χ3v) is 2.00. The van der Waals surface area contributed by atoms with Crippen LogP contribution in [0.1, 0.15) is 13.8 Å². The second-order valence-electron chi connectivity index (χ2n) is 3.98. The minimum atomic E-state index is -1.24. The maximum absolute atomic E-state index is 11.7. The first-order chi connectivity index (χ1) is 7.70. The normalized spacial score (nSPS) is 10.5. The zero-order chi connectivity index (χ0) is 13.6. The van der Waals surface area contributed by atoms with Crippen LogP contribution in [0.15, 0.2) is 12.7 Å². The van der Waals surface area contributed by atoms with Crippen molar-refractivity contribution in [1.82, 2.24) is 10.2 Å². The number of hydrogen-bond acceptors (Lipinski definition) is 3. The van der Waals surface area contributed by atoms with E-state index in [9.17, 15) is 14.4 Å². The van der Waals surface area contributed by atoms with Crippen LogP contribution in [-0.2, 0) is 9.59 Å². The number of carboxylic acid groups (broad SMARTS) is 1. The summed E-state index contributed by atoms with van der Waals surface area (Å²) in [7, 11) is 0. The van der Waals surface area contributed by atoms with Gasteiger partial charge in [-0.15, -0.1) is 6.58 Å². The molecule has 0 aliphatic rings. The number of carboxylic acids is 1. The second-order valence-corrected chi connectivity index (χ2v) is 3.98. The van der Waals surface area contributed by atoms with E-state index >= 15 is 0 Å². The Balaban J connectivity index is 4.68. The molecule has 17 heavy (non-hydrogen) atoms. The molecular weight excluding hydrogens is 226 g/mol. The van der Waals surface area contributed by atoms with Gasteiger partial charge in [-0.2, -0.15) is 0 Å². The Labute approximate surface area is 99.3 Å². The molecule has 96 valence electrons. The largest absolute Gasteiger partial charge is 0.480 e. The lowest BCUT2D eigenvalue weighted by Crippen LogP contribution is -2.57. The number of urea groups is 1. The molecule has 0 heterocycles. The van der Waals surface area contributed by atoms with E-state index in [4.69, 9.17) is 10.8 Å². The molecule has 0 spiro atoms. The number of primary amides is 1. The Morgan fingerprint density at radius 1 is 1.47 bits per heavy atom. The molecule has 0 saturated carbocycles.